The zero-order valence-corrected chi connectivity index (χ0v) is 21.3. The van der Waals surface area contributed by atoms with Gasteiger partial charge >= 0.3 is 5.97 Å². The third kappa shape index (κ3) is 3.68. The third-order valence-electron chi connectivity index (χ3n) is 5.50. The monoisotopic (exact) mass is 579 g/mol. The van der Waals surface area contributed by atoms with Crippen LogP contribution in [0.1, 0.15) is 5.56 Å². The van der Waals surface area contributed by atoms with Crippen molar-refractivity contribution in [3.8, 4) is 22.9 Å². The third-order valence-corrected chi connectivity index (χ3v) is 7.87. The molecule has 0 aliphatic carbocycles. The molecule has 0 aliphatic rings. The Morgan fingerprint density at radius 3 is 2.30 bits per heavy atom. The molecule has 0 unspecified atom stereocenters. The van der Waals surface area contributed by atoms with Crippen LogP contribution in [0, 0.1) is 11.3 Å². The molecule has 0 fully saturated rings. The Balaban J connectivity index is 1.84. The largest absolute Gasteiger partial charge is 0.480 e. The van der Waals surface area contributed by atoms with Gasteiger partial charge in [-0.25, -0.2) is 4.79 Å². The van der Waals surface area contributed by atoms with Crippen LogP contribution in [0.4, 0.5) is 0 Å². The van der Waals surface area contributed by atoms with Crippen molar-refractivity contribution in [3.05, 3.63) is 75.2 Å². The molecule has 4 nitrogen and oxygen atoms in total. The first-order chi connectivity index (χ1) is 16.0. The van der Waals surface area contributed by atoms with Gasteiger partial charge < -0.3 is 9.47 Å². The molecular weight excluding hydrogens is 566 g/mol. The second-order valence-corrected chi connectivity index (χ2v) is 10.1. The van der Waals surface area contributed by atoms with Crippen molar-refractivity contribution in [1.82, 2.24) is 0 Å². The van der Waals surface area contributed by atoms with Crippen LogP contribution in [0.3, 0.4) is 0 Å². The molecule has 0 N–H and O–H groups in total. The molecular formula is C26H15Br2NO3S. The van der Waals surface area contributed by atoms with E-state index < -0.39 is 5.97 Å². The maximum atomic E-state index is 11.5. The van der Waals surface area contributed by atoms with Crippen LogP contribution in [0.5, 0.6) is 5.75 Å². The lowest BCUT2D eigenvalue weighted by Crippen LogP contribution is -2.13. The summed E-state index contributed by atoms with van der Waals surface area (Å²) in [5.41, 5.74) is 2.72. The second kappa shape index (κ2) is 8.79. The standard InChI is InChI=1S/C26H15Br2NO3S/c1-31-22(30)13-32-25-19(27)10-14(11-20(25)28)23-16-7-3-2-6-15(16)18(12-29)26-24(23)17-8-4-5-9-21(17)33-26/h2-11H,13H2,1H3. The molecule has 0 bridgehead atoms. The molecule has 33 heavy (non-hydrogen) atoms. The number of fused-ring (bicyclic) bond motifs is 4. The van der Waals surface area contributed by atoms with Gasteiger partial charge in [0.15, 0.2) is 6.61 Å². The van der Waals surface area contributed by atoms with Crippen molar-refractivity contribution in [2.24, 2.45) is 0 Å². The van der Waals surface area contributed by atoms with E-state index in [0.717, 1.165) is 42.1 Å². The number of halogens is 2. The number of rotatable bonds is 4. The maximum Gasteiger partial charge on any atom is 0.343 e. The van der Waals surface area contributed by atoms with E-state index >= 15 is 0 Å². The first-order valence-corrected chi connectivity index (χ1v) is 12.4. The summed E-state index contributed by atoms with van der Waals surface area (Å²) in [6, 6.07) is 22.7. The molecule has 0 atom stereocenters. The van der Waals surface area contributed by atoms with Crippen LogP contribution < -0.4 is 4.74 Å². The molecule has 5 aromatic rings. The van der Waals surface area contributed by atoms with Gasteiger partial charge in [-0.3, -0.25) is 0 Å². The van der Waals surface area contributed by atoms with Gasteiger partial charge in [0.05, 0.1) is 26.3 Å². The summed E-state index contributed by atoms with van der Waals surface area (Å²) in [7, 11) is 1.32. The van der Waals surface area contributed by atoms with E-state index in [9.17, 15) is 10.1 Å². The van der Waals surface area contributed by atoms with Crippen molar-refractivity contribution in [1.29, 1.82) is 5.26 Å². The van der Waals surface area contributed by atoms with E-state index in [1.807, 2.05) is 42.5 Å². The quantitative estimate of drug-likeness (QED) is 0.203. The van der Waals surface area contributed by atoms with Gasteiger partial charge in [0.1, 0.15) is 11.8 Å². The predicted octanol–water partition coefficient (Wildman–Crippen LogP) is 7.82. The van der Waals surface area contributed by atoms with Gasteiger partial charge in [0.2, 0.25) is 0 Å². The van der Waals surface area contributed by atoms with Crippen molar-refractivity contribution in [2.75, 3.05) is 13.7 Å². The second-order valence-electron chi connectivity index (χ2n) is 7.34. The average molecular weight is 581 g/mol. The van der Waals surface area contributed by atoms with Crippen molar-refractivity contribution >= 4 is 80.1 Å². The summed E-state index contributed by atoms with van der Waals surface area (Å²) < 4.78 is 13.9. The minimum Gasteiger partial charge on any atom is -0.480 e. The zero-order valence-electron chi connectivity index (χ0n) is 17.3. The molecule has 7 heteroatoms. The van der Waals surface area contributed by atoms with E-state index in [0.29, 0.717) is 20.3 Å². The first-order valence-electron chi connectivity index (χ1n) is 9.98. The number of hydrogen-bond acceptors (Lipinski definition) is 5. The number of carbonyl (C=O) groups is 1. The molecule has 0 spiro atoms. The summed E-state index contributed by atoms with van der Waals surface area (Å²) in [4.78, 5) is 11.5. The van der Waals surface area contributed by atoms with Gasteiger partial charge in [-0.15, -0.1) is 11.3 Å². The smallest absolute Gasteiger partial charge is 0.343 e. The normalized spacial score (nSPS) is 11.1. The highest BCUT2D eigenvalue weighted by Gasteiger charge is 2.21. The van der Waals surface area contributed by atoms with Crippen molar-refractivity contribution < 1.29 is 14.3 Å². The number of ether oxygens (including phenoxy) is 2. The number of thiophene rings is 1. The van der Waals surface area contributed by atoms with Crippen LogP contribution >= 0.6 is 43.2 Å². The average Bonchev–Trinajstić information content (AvgIpc) is 3.20. The molecule has 1 aromatic heterocycles. The molecule has 0 amide bonds. The molecule has 4 aromatic carbocycles. The summed E-state index contributed by atoms with van der Waals surface area (Å²) in [5, 5.41) is 14.2. The lowest BCUT2D eigenvalue weighted by molar-refractivity contribution is -0.142. The number of methoxy groups -OCH3 is 1. The number of nitriles is 1. The van der Waals surface area contributed by atoms with Gasteiger partial charge in [-0.1, -0.05) is 42.5 Å². The molecule has 0 aliphatic heterocycles. The van der Waals surface area contributed by atoms with E-state index in [4.69, 9.17) is 4.74 Å². The summed E-state index contributed by atoms with van der Waals surface area (Å²) in [5.74, 6) is 0.0657. The lowest BCUT2D eigenvalue weighted by Gasteiger charge is -2.15. The molecule has 162 valence electrons. The highest BCUT2D eigenvalue weighted by molar-refractivity contribution is 9.11. The number of carbonyl (C=O) groups excluding carboxylic acids is 1. The number of esters is 1. The first kappa shape index (κ1) is 21.9. The van der Waals surface area contributed by atoms with E-state index in [-0.39, 0.29) is 6.61 Å². The van der Waals surface area contributed by atoms with Crippen LogP contribution in [0.25, 0.3) is 42.1 Å². The minimum atomic E-state index is -0.456. The molecule has 0 saturated heterocycles. The van der Waals surface area contributed by atoms with Gasteiger partial charge in [0.25, 0.3) is 0 Å². The Bertz CT molecular complexity index is 1590. The number of nitrogens with zero attached hydrogens (tertiary/aromatic N) is 1. The van der Waals surface area contributed by atoms with Crippen molar-refractivity contribution in [3.63, 3.8) is 0 Å². The summed E-state index contributed by atoms with van der Waals surface area (Å²) in [6.07, 6.45) is 0. The molecule has 5 rings (SSSR count). The van der Waals surface area contributed by atoms with E-state index in [1.165, 1.54) is 7.11 Å². The van der Waals surface area contributed by atoms with Crippen LogP contribution in [0.2, 0.25) is 0 Å². The van der Waals surface area contributed by atoms with Gasteiger partial charge in [-0.2, -0.15) is 5.26 Å². The van der Waals surface area contributed by atoms with Crippen molar-refractivity contribution in [2.45, 2.75) is 0 Å². The molecule has 1 heterocycles. The minimum absolute atomic E-state index is 0.188. The summed E-state index contributed by atoms with van der Waals surface area (Å²) >= 11 is 8.85. The van der Waals surface area contributed by atoms with E-state index in [2.05, 4.69) is 60.9 Å². The van der Waals surface area contributed by atoms with Gasteiger partial charge in [-0.05, 0) is 66.6 Å². The molecule has 0 saturated carbocycles. The van der Waals surface area contributed by atoms with E-state index in [1.54, 1.807) is 11.3 Å². The predicted molar refractivity (Wildman–Crippen MR) is 140 cm³/mol. The highest BCUT2D eigenvalue weighted by atomic mass is 79.9. The van der Waals surface area contributed by atoms with Crippen LogP contribution in [-0.4, -0.2) is 19.7 Å². The van der Waals surface area contributed by atoms with Gasteiger partial charge in [0, 0.05) is 20.9 Å². The number of hydrogen-bond donors (Lipinski definition) is 0. The Morgan fingerprint density at radius 1 is 1.00 bits per heavy atom. The van der Waals surface area contributed by atoms with Crippen LogP contribution in [0.15, 0.2) is 69.6 Å². The number of benzene rings is 4. The lowest BCUT2D eigenvalue weighted by atomic mass is 9.91. The Kier molecular flexibility index (Phi) is 5.83. The Morgan fingerprint density at radius 2 is 1.64 bits per heavy atom. The van der Waals surface area contributed by atoms with Crippen LogP contribution in [-0.2, 0) is 9.53 Å². The fourth-order valence-electron chi connectivity index (χ4n) is 4.09. The maximum absolute atomic E-state index is 11.5. The Hall–Kier alpha value is -2.92. The zero-order chi connectivity index (χ0) is 23.1. The fraction of sp³-hybridized carbons (Fsp3) is 0.0769. The highest BCUT2D eigenvalue weighted by Crippen LogP contribution is 2.48. The summed E-state index contributed by atoms with van der Waals surface area (Å²) in [6.45, 7) is -0.188. The SMILES string of the molecule is COC(=O)COc1c(Br)cc(-c2c3ccccc3c(C#N)c3sc4ccccc4c23)cc1Br. The topological polar surface area (TPSA) is 59.3 Å². The fourth-order valence-corrected chi connectivity index (χ4v) is 6.72. The Labute approximate surface area is 210 Å². The molecule has 0 radical (unpaired) electrons.